The molecule has 2 aromatic carbocycles. The van der Waals surface area contributed by atoms with Crippen molar-refractivity contribution in [2.24, 2.45) is 10.8 Å². The van der Waals surface area contributed by atoms with Gasteiger partial charge < -0.3 is 11.1 Å². The molecule has 1 unspecified atom stereocenters. The number of carbonyl (C=O) groups excluding carboxylic acids is 2. The van der Waals surface area contributed by atoms with Crippen molar-refractivity contribution in [1.82, 2.24) is 15.3 Å². The smallest absolute Gasteiger partial charge is 0.366 e. The van der Waals surface area contributed by atoms with E-state index in [1.807, 2.05) is 0 Å². The molecule has 3 aromatic rings. The molecule has 1 aliphatic rings. The number of nitrogens with one attached hydrogen (secondary N) is 1. The lowest BCUT2D eigenvalue weighted by Crippen LogP contribution is -2.39. The Morgan fingerprint density at radius 2 is 1.90 bits per heavy atom. The Kier molecular flexibility index (Phi) is 8.28. The number of nitrogens with zero attached hydrogens (tertiary/aromatic N) is 3. The van der Waals surface area contributed by atoms with Crippen LogP contribution in [0.4, 0.5) is 22.0 Å². The highest BCUT2D eigenvalue weighted by atomic mass is 79.9. The van der Waals surface area contributed by atoms with Gasteiger partial charge in [0, 0.05) is 18.2 Å². The summed E-state index contributed by atoms with van der Waals surface area (Å²) in [6.45, 7) is -0.500. The minimum atomic E-state index is -4.63. The van der Waals surface area contributed by atoms with Gasteiger partial charge in [0.05, 0.1) is 17.3 Å². The maximum atomic E-state index is 14.1. The van der Waals surface area contributed by atoms with Crippen molar-refractivity contribution < 1.29 is 31.5 Å². The van der Waals surface area contributed by atoms with E-state index in [1.54, 1.807) is 18.2 Å². The molecule has 0 fully saturated rings. The number of pyridine rings is 1. The summed E-state index contributed by atoms with van der Waals surface area (Å²) >= 11 is 3.11. The molecule has 0 radical (unpaired) electrons. The molecular formula is C26H21BrF5N5O2. The first-order chi connectivity index (χ1) is 18.4. The Morgan fingerprint density at radius 3 is 2.56 bits per heavy atom. The molecule has 2 amide bonds. The van der Waals surface area contributed by atoms with E-state index in [1.165, 1.54) is 36.5 Å². The van der Waals surface area contributed by atoms with Gasteiger partial charge in [0.1, 0.15) is 28.8 Å². The number of nitrogens with two attached hydrogens (primary N) is 1. The summed E-state index contributed by atoms with van der Waals surface area (Å²) in [5.41, 5.74) is 5.55. The minimum Gasteiger partial charge on any atom is -0.366 e. The topological polar surface area (TPSA) is 101 Å². The fraction of sp³-hybridized carbons (Fsp3) is 0.231. The number of primary amides is 1. The van der Waals surface area contributed by atoms with E-state index in [2.05, 4.69) is 31.3 Å². The minimum absolute atomic E-state index is 0.0617. The van der Waals surface area contributed by atoms with Gasteiger partial charge in [-0.05, 0) is 47.9 Å². The van der Waals surface area contributed by atoms with Crippen LogP contribution >= 0.6 is 15.9 Å². The molecule has 0 saturated carbocycles. The highest BCUT2D eigenvalue weighted by Crippen LogP contribution is 2.32. The lowest BCUT2D eigenvalue weighted by molar-refractivity contribution is -0.123. The molecule has 3 N–H and O–H groups in total. The van der Waals surface area contributed by atoms with Crippen molar-refractivity contribution in [1.29, 1.82) is 0 Å². The van der Waals surface area contributed by atoms with Gasteiger partial charge in [0.25, 0.3) is 5.91 Å². The molecule has 4 rings (SSSR count). The Morgan fingerprint density at radius 1 is 1.13 bits per heavy atom. The Hall–Kier alpha value is -3.87. The van der Waals surface area contributed by atoms with Crippen LogP contribution in [0.1, 0.15) is 34.1 Å². The summed E-state index contributed by atoms with van der Waals surface area (Å²) in [7, 11) is 0. The summed E-state index contributed by atoms with van der Waals surface area (Å²) in [5.74, 6) is -2.95. The molecule has 1 aliphatic heterocycles. The molecule has 0 spiro atoms. The number of hydrogen-bond acceptors (Lipinski definition) is 5. The Labute approximate surface area is 228 Å². The second-order valence-electron chi connectivity index (χ2n) is 8.73. The van der Waals surface area contributed by atoms with Gasteiger partial charge in [-0.25, -0.2) is 8.78 Å². The normalized spacial score (nSPS) is 16.1. The standard InChI is InChI=1S/C26H21BrF5N5O2/c27-22-12-21(26(30,31)32)36-37(22)13-23(38)35-20(10-14-3-1-4-16(28)9-14)24-17(5-2-8-34-24)15-6-7-19(29)18(11-15)25(33)39/h1-9,11,20,22H,10,12-13H2,(H2,33,39)(H,35,38)/t20-,22?/m0/s1. The average molecular weight is 610 g/mol. The fourth-order valence-electron chi connectivity index (χ4n) is 4.15. The third-order valence-electron chi connectivity index (χ3n) is 5.94. The zero-order valence-corrected chi connectivity index (χ0v) is 21.6. The van der Waals surface area contributed by atoms with Crippen LogP contribution in [0.3, 0.4) is 0 Å². The van der Waals surface area contributed by atoms with Crippen molar-refractivity contribution in [3.05, 3.63) is 89.2 Å². The van der Waals surface area contributed by atoms with Gasteiger partial charge in [0.2, 0.25) is 5.91 Å². The van der Waals surface area contributed by atoms with Gasteiger partial charge in [-0.3, -0.25) is 19.6 Å². The second kappa shape index (κ2) is 11.5. The summed E-state index contributed by atoms with van der Waals surface area (Å²) < 4.78 is 67.3. The monoisotopic (exact) mass is 609 g/mol. The van der Waals surface area contributed by atoms with Gasteiger partial charge in [-0.1, -0.05) is 40.2 Å². The molecule has 204 valence electrons. The predicted octanol–water partition coefficient (Wildman–Crippen LogP) is 4.87. The predicted molar refractivity (Wildman–Crippen MR) is 137 cm³/mol. The van der Waals surface area contributed by atoms with E-state index in [-0.39, 0.29) is 12.0 Å². The maximum absolute atomic E-state index is 14.1. The van der Waals surface area contributed by atoms with Crippen LogP contribution in [0.15, 0.2) is 65.9 Å². The van der Waals surface area contributed by atoms with Crippen molar-refractivity contribution in [3.63, 3.8) is 0 Å². The SMILES string of the molecule is NC(=O)c1cc(-c2cccnc2[C@H](Cc2cccc(F)c2)NC(=O)CN2N=C(C(F)(F)F)CC2Br)ccc1F. The van der Waals surface area contributed by atoms with Crippen LogP contribution in [0, 0.1) is 11.6 Å². The van der Waals surface area contributed by atoms with Crippen LogP contribution in [0.25, 0.3) is 11.1 Å². The molecule has 39 heavy (non-hydrogen) atoms. The van der Waals surface area contributed by atoms with E-state index in [0.717, 1.165) is 11.1 Å². The number of alkyl halides is 4. The first kappa shape index (κ1) is 28.1. The number of halogens is 6. The van der Waals surface area contributed by atoms with E-state index in [9.17, 15) is 31.5 Å². The molecule has 7 nitrogen and oxygen atoms in total. The third-order valence-corrected chi connectivity index (χ3v) is 6.74. The van der Waals surface area contributed by atoms with Crippen LogP contribution < -0.4 is 11.1 Å². The lowest BCUT2D eigenvalue weighted by atomic mass is 9.94. The fourth-order valence-corrected chi connectivity index (χ4v) is 4.70. The summed E-state index contributed by atoms with van der Waals surface area (Å²) in [6, 6.07) is 11.8. The molecule has 0 aliphatic carbocycles. The van der Waals surface area contributed by atoms with Gasteiger partial charge in [-0.15, -0.1) is 0 Å². The number of rotatable bonds is 8. The third kappa shape index (κ3) is 6.77. The van der Waals surface area contributed by atoms with E-state index < -0.39 is 59.3 Å². The largest absolute Gasteiger partial charge is 0.431 e. The van der Waals surface area contributed by atoms with Crippen molar-refractivity contribution in [2.75, 3.05) is 6.54 Å². The zero-order valence-electron chi connectivity index (χ0n) is 20.1. The van der Waals surface area contributed by atoms with E-state index in [0.29, 0.717) is 22.4 Å². The lowest BCUT2D eigenvalue weighted by Gasteiger charge is -2.24. The molecule has 1 aromatic heterocycles. The van der Waals surface area contributed by atoms with Crippen molar-refractivity contribution >= 4 is 33.5 Å². The molecule has 0 bridgehead atoms. The van der Waals surface area contributed by atoms with Crippen molar-refractivity contribution in [3.8, 4) is 11.1 Å². The number of benzene rings is 2. The number of amides is 2. The number of aromatic nitrogens is 1. The van der Waals surface area contributed by atoms with E-state index in [4.69, 9.17) is 5.73 Å². The molecule has 2 heterocycles. The molecular weight excluding hydrogens is 589 g/mol. The second-order valence-corrected chi connectivity index (χ2v) is 9.79. The molecule has 2 atom stereocenters. The summed E-state index contributed by atoms with van der Waals surface area (Å²) in [5, 5.41) is 7.27. The van der Waals surface area contributed by atoms with Gasteiger partial charge in [-0.2, -0.15) is 18.3 Å². The van der Waals surface area contributed by atoms with Gasteiger partial charge >= 0.3 is 6.18 Å². The van der Waals surface area contributed by atoms with Crippen LogP contribution in [0.2, 0.25) is 0 Å². The number of carbonyl (C=O) groups is 2. The highest BCUT2D eigenvalue weighted by molar-refractivity contribution is 9.09. The van der Waals surface area contributed by atoms with Crippen molar-refractivity contribution in [2.45, 2.75) is 30.0 Å². The zero-order chi connectivity index (χ0) is 28.3. The highest BCUT2D eigenvalue weighted by Gasteiger charge is 2.42. The first-order valence-electron chi connectivity index (χ1n) is 11.6. The number of hydrogen-bond donors (Lipinski definition) is 2. The average Bonchev–Trinajstić information content (AvgIpc) is 3.24. The molecule has 13 heteroatoms. The van der Waals surface area contributed by atoms with Gasteiger partial charge in [0.15, 0.2) is 0 Å². The van der Waals surface area contributed by atoms with Crippen LogP contribution in [-0.4, -0.2) is 45.2 Å². The Bertz CT molecular complexity index is 1430. The van der Waals surface area contributed by atoms with E-state index >= 15 is 0 Å². The van der Waals surface area contributed by atoms with Crippen LogP contribution in [-0.2, 0) is 11.2 Å². The summed E-state index contributed by atoms with van der Waals surface area (Å²) in [4.78, 5) is 28.3. The first-order valence-corrected chi connectivity index (χ1v) is 12.5. The Balaban J connectivity index is 1.68. The quantitative estimate of drug-likeness (QED) is 0.216. The van der Waals surface area contributed by atoms with Crippen LogP contribution in [0.5, 0.6) is 0 Å². The summed E-state index contributed by atoms with van der Waals surface area (Å²) in [6.07, 6.45) is -3.54. The molecule has 0 saturated heterocycles. The maximum Gasteiger partial charge on any atom is 0.431 e. The number of hydrazone groups is 1.